The van der Waals surface area contributed by atoms with Gasteiger partial charge in [-0.15, -0.1) is 0 Å². The smallest absolute Gasteiger partial charge is 0.0692 e. The molecule has 2 atom stereocenters. The van der Waals surface area contributed by atoms with Crippen LogP contribution in [0.2, 0.25) is 0 Å². The molecule has 1 aliphatic carbocycles. The van der Waals surface area contributed by atoms with Crippen molar-refractivity contribution in [2.45, 2.75) is 55.5 Å². The number of hydrogen-bond acceptors (Lipinski definition) is 1. The van der Waals surface area contributed by atoms with Crippen molar-refractivity contribution in [1.82, 2.24) is 0 Å². The van der Waals surface area contributed by atoms with Gasteiger partial charge in [-0.25, -0.2) is 0 Å². The number of alkyl halides is 1. The maximum Gasteiger partial charge on any atom is 0.0692 e. The van der Waals surface area contributed by atoms with Gasteiger partial charge in [0, 0.05) is 10.5 Å². The zero-order valence-electron chi connectivity index (χ0n) is 7.89. The summed E-state index contributed by atoms with van der Waals surface area (Å²) in [4.78, 5) is 0. The van der Waals surface area contributed by atoms with Gasteiger partial charge in [-0.05, 0) is 19.8 Å². The highest BCUT2D eigenvalue weighted by Crippen LogP contribution is 2.25. The molecule has 0 saturated heterocycles. The summed E-state index contributed by atoms with van der Waals surface area (Å²) in [5, 5.41) is 0. The van der Waals surface area contributed by atoms with Crippen LogP contribution in [-0.2, 0) is 4.74 Å². The van der Waals surface area contributed by atoms with Crippen LogP contribution in [0.4, 0.5) is 0 Å². The van der Waals surface area contributed by atoms with E-state index in [0.717, 1.165) is 10.5 Å². The highest BCUT2D eigenvalue weighted by molar-refractivity contribution is 14.1. The Morgan fingerprint density at radius 2 is 1.83 bits per heavy atom. The third-order valence-corrected chi connectivity index (χ3v) is 3.93. The molecular formula is C10H19IO. The maximum absolute atomic E-state index is 5.72. The second kappa shape index (κ2) is 6.19. The second-order valence-corrected chi connectivity index (χ2v) is 5.10. The molecule has 72 valence electrons. The van der Waals surface area contributed by atoms with Crippen LogP contribution < -0.4 is 0 Å². The van der Waals surface area contributed by atoms with E-state index in [0.29, 0.717) is 6.10 Å². The van der Waals surface area contributed by atoms with E-state index in [1.807, 2.05) is 0 Å². The van der Waals surface area contributed by atoms with E-state index in [9.17, 15) is 0 Å². The largest absolute Gasteiger partial charge is 0.377 e. The Morgan fingerprint density at radius 1 is 1.17 bits per heavy atom. The van der Waals surface area contributed by atoms with E-state index in [1.165, 1.54) is 38.5 Å². The first-order chi connectivity index (χ1) is 5.84. The van der Waals surface area contributed by atoms with Gasteiger partial charge >= 0.3 is 0 Å². The van der Waals surface area contributed by atoms with Crippen molar-refractivity contribution in [2.24, 2.45) is 0 Å². The first-order valence-electron chi connectivity index (χ1n) is 5.10. The van der Waals surface area contributed by atoms with Crippen LogP contribution in [0.3, 0.4) is 0 Å². The summed E-state index contributed by atoms with van der Waals surface area (Å²) in [6.45, 7) is 2.98. The Labute approximate surface area is 89.4 Å². The van der Waals surface area contributed by atoms with Crippen molar-refractivity contribution in [3.05, 3.63) is 0 Å². The maximum atomic E-state index is 5.72. The van der Waals surface area contributed by atoms with E-state index in [2.05, 4.69) is 29.5 Å². The number of ether oxygens (including phenoxy) is 1. The topological polar surface area (TPSA) is 9.23 Å². The fraction of sp³-hybridized carbons (Fsp3) is 1.00. The molecule has 2 heteroatoms. The van der Waals surface area contributed by atoms with Gasteiger partial charge in [0.05, 0.1) is 6.10 Å². The van der Waals surface area contributed by atoms with Gasteiger partial charge in [-0.3, -0.25) is 0 Å². The fourth-order valence-corrected chi connectivity index (χ4v) is 2.81. The van der Waals surface area contributed by atoms with Crippen molar-refractivity contribution in [3.8, 4) is 0 Å². The van der Waals surface area contributed by atoms with Crippen molar-refractivity contribution in [2.75, 3.05) is 6.61 Å². The molecule has 0 radical (unpaired) electrons. The second-order valence-electron chi connectivity index (χ2n) is 3.50. The van der Waals surface area contributed by atoms with E-state index in [4.69, 9.17) is 4.74 Å². The monoisotopic (exact) mass is 282 g/mol. The summed E-state index contributed by atoms with van der Waals surface area (Å²) in [7, 11) is 0. The molecule has 1 nitrogen and oxygen atoms in total. The molecule has 0 spiro atoms. The Kier molecular flexibility index (Phi) is 5.56. The standard InChI is InChI=1S/C10H19IO/c1-2-12-10-8-6-4-3-5-7-9(10)11/h9-10H,2-8H2,1H3. The molecule has 1 fully saturated rings. The summed E-state index contributed by atoms with van der Waals surface area (Å²) >= 11 is 2.56. The third kappa shape index (κ3) is 3.60. The van der Waals surface area contributed by atoms with E-state index in [1.54, 1.807) is 0 Å². The van der Waals surface area contributed by atoms with Gasteiger partial charge in [0.25, 0.3) is 0 Å². The Morgan fingerprint density at radius 3 is 2.50 bits per heavy atom. The van der Waals surface area contributed by atoms with Gasteiger partial charge < -0.3 is 4.74 Å². The van der Waals surface area contributed by atoms with Crippen molar-refractivity contribution in [3.63, 3.8) is 0 Å². The zero-order valence-corrected chi connectivity index (χ0v) is 10.0. The summed E-state index contributed by atoms with van der Waals surface area (Å²) in [5.74, 6) is 0. The van der Waals surface area contributed by atoms with Crippen molar-refractivity contribution in [1.29, 1.82) is 0 Å². The Balaban J connectivity index is 2.32. The van der Waals surface area contributed by atoms with E-state index in [-0.39, 0.29) is 0 Å². The Hall–Kier alpha value is 0.690. The average molecular weight is 282 g/mol. The lowest BCUT2D eigenvalue weighted by atomic mass is 9.98. The Bertz CT molecular complexity index is 116. The van der Waals surface area contributed by atoms with Crippen LogP contribution in [0, 0.1) is 0 Å². The van der Waals surface area contributed by atoms with Crippen LogP contribution in [0.25, 0.3) is 0 Å². The lowest BCUT2D eigenvalue weighted by Gasteiger charge is -2.24. The molecule has 0 amide bonds. The molecule has 0 bridgehead atoms. The van der Waals surface area contributed by atoms with Gasteiger partial charge in [-0.1, -0.05) is 48.3 Å². The molecule has 0 heterocycles. The summed E-state index contributed by atoms with van der Waals surface area (Å²) < 4.78 is 6.48. The molecule has 1 aliphatic rings. The first kappa shape index (κ1) is 10.8. The lowest BCUT2D eigenvalue weighted by Crippen LogP contribution is -2.25. The van der Waals surface area contributed by atoms with E-state index >= 15 is 0 Å². The minimum atomic E-state index is 0.538. The van der Waals surface area contributed by atoms with Crippen molar-refractivity contribution >= 4 is 22.6 Å². The highest BCUT2D eigenvalue weighted by Gasteiger charge is 2.19. The molecular weight excluding hydrogens is 263 g/mol. The first-order valence-corrected chi connectivity index (χ1v) is 6.35. The molecule has 0 aromatic rings. The lowest BCUT2D eigenvalue weighted by molar-refractivity contribution is 0.0519. The van der Waals surface area contributed by atoms with Gasteiger partial charge in [0.15, 0.2) is 0 Å². The summed E-state index contributed by atoms with van der Waals surface area (Å²) in [5.41, 5.74) is 0. The van der Waals surface area contributed by atoms with Gasteiger partial charge in [0.1, 0.15) is 0 Å². The minimum Gasteiger partial charge on any atom is -0.377 e. The quantitative estimate of drug-likeness (QED) is 0.556. The third-order valence-electron chi connectivity index (χ3n) is 2.50. The fourth-order valence-electron chi connectivity index (χ4n) is 1.81. The van der Waals surface area contributed by atoms with Gasteiger partial charge in [0.2, 0.25) is 0 Å². The molecule has 0 aliphatic heterocycles. The zero-order chi connectivity index (χ0) is 8.81. The minimum absolute atomic E-state index is 0.538. The predicted octanol–water partition coefficient (Wildman–Crippen LogP) is 3.55. The number of hydrogen-bond donors (Lipinski definition) is 0. The van der Waals surface area contributed by atoms with Crippen LogP contribution in [0.1, 0.15) is 45.4 Å². The molecule has 1 rings (SSSR count). The molecule has 0 aromatic heterocycles. The van der Waals surface area contributed by atoms with Gasteiger partial charge in [-0.2, -0.15) is 0 Å². The van der Waals surface area contributed by atoms with Crippen molar-refractivity contribution < 1.29 is 4.74 Å². The summed E-state index contributed by atoms with van der Waals surface area (Å²) in [6.07, 6.45) is 8.77. The molecule has 2 unspecified atom stereocenters. The highest BCUT2D eigenvalue weighted by atomic mass is 127. The molecule has 0 N–H and O–H groups in total. The van der Waals surface area contributed by atoms with Crippen LogP contribution in [0.5, 0.6) is 0 Å². The van der Waals surface area contributed by atoms with E-state index < -0.39 is 0 Å². The van der Waals surface area contributed by atoms with Crippen LogP contribution >= 0.6 is 22.6 Å². The normalized spacial score (nSPS) is 32.5. The average Bonchev–Trinajstić information content (AvgIpc) is 2.05. The summed E-state index contributed by atoms with van der Waals surface area (Å²) in [6, 6.07) is 0. The van der Waals surface area contributed by atoms with Crippen LogP contribution in [0.15, 0.2) is 0 Å². The molecule has 12 heavy (non-hydrogen) atoms. The predicted molar refractivity (Wildman–Crippen MR) is 60.9 cm³/mol. The SMILES string of the molecule is CCOC1CCCCCCC1I. The molecule has 1 saturated carbocycles. The number of halogens is 1. The molecule has 0 aromatic carbocycles. The number of rotatable bonds is 2. The van der Waals surface area contributed by atoms with Crippen LogP contribution in [-0.4, -0.2) is 16.6 Å².